The Kier molecular flexibility index (Phi) is 2.70. The van der Waals surface area contributed by atoms with E-state index in [4.69, 9.17) is 11.0 Å². The van der Waals surface area contributed by atoms with Gasteiger partial charge in [-0.05, 0) is 22.6 Å². The van der Waals surface area contributed by atoms with Crippen LogP contribution in [0.3, 0.4) is 0 Å². The lowest BCUT2D eigenvalue weighted by Crippen LogP contribution is -2.04. The van der Waals surface area contributed by atoms with Crippen molar-refractivity contribution < 1.29 is 0 Å². The Morgan fingerprint density at radius 3 is 3.00 bits per heavy atom. The zero-order valence-corrected chi connectivity index (χ0v) is 7.95. The molecule has 1 aromatic rings. The van der Waals surface area contributed by atoms with Gasteiger partial charge in [0.25, 0.3) is 0 Å². The van der Waals surface area contributed by atoms with E-state index in [9.17, 15) is 0 Å². The Morgan fingerprint density at radius 2 is 2.55 bits per heavy atom. The first-order valence-electron chi connectivity index (χ1n) is 3.09. The summed E-state index contributed by atoms with van der Waals surface area (Å²) in [6.07, 6.45) is 2.13. The van der Waals surface area contributed by atoms with E-state index in [1.54, 1.807) is 10.9 Å². The molecule has 0 unspecified atom stereocenters. The Hall–Kier alpha value is -0.770. The second-order valence-electron chi connectivity index (χ2n) is 2.01. The van der Waals surface area contributed by atoms with Gasteiger partial charge >= 0.3 is 0 Å². The minimum absolute atomic E-state index is 0.446. The van der Waals surface area contributed by atoms with E-state index in [1.807, 2.05) is 6.07 Å². The van der Waals surface area contributed by atoms with Crippen LogP contribution in [0.2, 0.25) is 0 Å². The summed E-state index contributed by atoms with van der Waals surface area (Å²) in [5.41, 5.74) is 5.63. The SMILES string of the molecule is N#CCCn1ncc(I)c1N. The first-order chi connectivity index (χ1) is 5.25. The molecule has 0 bridgehead atoms. The number of halogens is 1. The van der Waals surface area contributed by atoms with Crippen LogP contribution < -0.4 is 5.73 Å². The molecule has 0 aliphatic carbocycles. The van der Waals surface area contributed by atoms with Gasteiger partial charge in [-0.2, -0.15) is 10.4 Å². The number of hydrogen-bond donors (Lipinski definition) is 1. The number of nitrogens with zero attached hydrogens (tertiary/aromatic N) is 3. The number of hydrogen-bond acceptors (Lipinski definition) is 3. The molecule has 1 rings (SSSR count). The molecule has 4 nitrogen and oxygen atoms in total. The molecule has 1 aromatic heterocycles. The van der Waals surface area contributed by atoms with Crippen molar-refractivity contribution >= 4 is 28.4 Å². The third-order valence-corrected chi connectivity index (χ3v) is 2.10. The van der Waals surface area contributed by atoms with Crippen molar-refractivity contribution in [2.24, 2.45) is 0 Å². The van der Waals surface area contributed by atoms with Crippen LogP contribution in [0.1, 0.15) is 6.42 Å². The van der Waals surface area contributed by atoms with Crippen LogP contribution >= 0.6 is 22.6 Å². The van der Waals surface area contributed by atoms with E-state index in [2.05, 4.69) is 27.7 Å². The van der Waals surface area contributed by atoms with E-state index in [0.717, 1.165) is 3.57 Å². The normalized spacial score (nSPS) is 9.45. The van der Waals surface area contributed by atoms with E-state index in [-0.39, 0.29) is 0 Å². The number of rotatable bonds is 2. The summed E-state index contributed by atoms with van der Waals surface area (Å²) in [7, 11) is 0. The summed E-state index contributed by atoms with van der Waals surface area (Å²) < 4.78 is 2.56. The van der Waals surface area contributed by atoms with Crippen molar-refractivity contribution in [1.29, 1.82) is 5.26 Å². The predicted molar refractivity (Wildman–Crippen MR) is 49.6 cm³/mol. The van der Waals surface area contributed by atoms with E-state index < -0.39 is 0 Å². The summed E-state index contributed by atoms with van der Waals surface area (Å²) in [5, 5.41) is 12.3. The molecule has 0 fully saturated rings. The molecular weight excluding hydrogens is 255 g/mol. The van der Waals surface area contributed by atoms with Crippen LogP contribution in [0, 0.1) is 14.9 Å². The number of aryl methyl sites for hydroxylation is 1. The third kappa shape index (κ3) is 1.83. The molecular formula is C6H7IN4. The maximum Gasteiger partial charge on any atom is 0.135 e. The highest BCUT2D eigenvalue weighted by Crippen LogP contribution is 2.12. The van der Waals surface area contributed by atoms with Gasteiger partial charge < -0.3 is 5.73 Å². The Bertz CT molecular complexity index is 285. The van der Waals surface area contributed by atoms with Gasteiger partial charge in [-0.25, -0.2) is 4.68 Å². The highest BCUT2D eigenvalue weighted by atomic mass is 127. The maximum absolute atomic E-state index is 8.29. The molecule has 2 N–H and O–H groups in total. The topological polar surface area (TPSA) is 67.6 Å². The van der Waals surface area contributed by atoms with Crippen LogP contribution in [0.25, 0.3) is 0 Å². The van der Waals surface area contributed by atoms with Gasteiger partial charge in [-0.1, -0.05) is 0 Å². The summed E-state index contributed by atoms with van der Waals surface area (Å²) in [6, 6.07) is 2.03. The lowest BCUT2D eigenvalue weighted by atomic mass is 10.5. The van der Waals surface area contributed by atoms with Crippen molar-refractivity contribution in [3.05, 3.63) is 9.77 Å². The van der Waals surface area contributed by atoms with Gasteiger partial charge in [-0.15, -0.1) is 0 Å². The van der Waals surface area contributed by atoms with Crippen LogP contribution in [-0.4, -0.2) is 9.78 Å². The lowest BCUT2D eigenvalue weighted by molar-refractivity contribution is 0.637. The predicted octanol–water partition coefficient (Wildman–Crippen LogP) is 0.984. The van der Waals surface area contributed by atoms with Gasteiger partial charge in [-0.3, -0.25) is 0 Å². The minimum Gasteiger partial charge on any atom is -0.383 e. The molecule has 5 heteroatoms. The van der Waals surface area contributed by atoms with Crippen molar-refractivity contribution in [2.75, 3.05) is 5.73 Å². The maximum atomic E-state index is 8.29. The van der Waals surface area contributed by atoms with Gasteiger partial charge in [0.2, 0.25) is 0 Å². The molecule has 58 valence electrons. The van der Waals surface area contributed by atoms with Crippen LogP contribution in [-0.2, 0) is 6.54 Å². The van der Waals surface area contributed by atoms with E-state index >= 15 is 0 Å². The number of aromatic nitrogens is 2. The number of nitriles is 1. The van der Waals surface area contributed by atoms with E-state index in [1.165, 1.54) is 0 Å². The Balaban J connectivity index is 2.72. The molecule has 0 atom stereocenters. The van der Waals surface area contributed by atoms with Crippen LogP contribution in [0.15, 0.2) is 6.20 Å². The van der Waals surface area contributed by atoms with Crippen molar-refractivity contribution in [3.63, 3.8) is 0 Å². The molecule has 11 heavy (non-hydrogen) atoms. The fraction of sp³-hybridized carbons (Fsp3) is 0.333. The Labute approximate surface area is 78.1 Å². The zero-order chi connectivity index (χ0) is 8.27. The second-order valence-corrected chi connectivity index (χ2v) is 3.17. The average molecular weight is 262 g/mol. The zero-order valence-electron chi connectivity index (χ0n) is 5.79. The number of nitrogens with two attached hydrogens (primary N) is 1. The molecule has 0 aliphatic heterocycles. The van der Waals surface area contributed by atoms with E-state index in [0.29, 0.717) is 18.8 Å². The minimum atomic E-state index is 0.446. The van der Waals surface area contributed by atoms with Crippen molar-refractivity contribution in [2.45, 2.75) is 13.0 Å². The quantitative estimate of drug-likeness (QED) is 0.808. The van der Waals surface area contributed by atoms with Crippen LogP contribution in [0.4, 0.5) is 5.82 Å². The summed E-state index contributed by atoms with van der Waals surface area (Å²) >= 11 is 2.11. The fourth-order valence-corrected chi connectivity index (χ4v) is 1.11. The Morgan fingerprint density at radius 1 is 1.82 bits per heavy atom. The summed E-state index contributed by atoms with van der Waals surface area (Å²) in [4.78, 5) is 0. The van der Waals surface area contributed by atoms with Crippen molar-refractivity contribution in [1.82, 2.24) is 9.78 Å². The van der Waals surface area contributed by atoms with Crippen LogP contribution in [0.5, 0.6) is 0 Å². The summed E-state index contributed by atoms with van der Waals surface area (Å²) in [5.74, 6) is 0.640. The molecule has 0 amide bonds. The number of nitrogen functional groups attached to an aromatic ring is 1. The lowest BCUT2D eigenvalue weighted by Gasteiger charge is -1.98. The first-order valence-corrected chi connectivity index (χ1v) is 4.17. The largest absolute Gasteiger partial charge is 0.383 e. The molecule has 1 heterocycles. The standard InChI is InChI=1S/C6H7IN4/c7-5-4-10-11(6(5)9)3-1-2-8/h4H,1,3,9H2. The number of anilines is 1. The summed E-state index contributed by atoms with van der Waals surface area (Å²) in [6.45, 7) is 0.575. The van der Waals surface area contributed by atoms with Crippen molar-refractivity contribution in [3.8, 4) is 6.07 Å². The first kappa shape index (κ1) is 8.33. The molecule has 0 spiro atoms. The average Bonchev–Trinajstić information content (AvgIpc) is 2.31. The molecule has 0 saturated heterocycles. The van der Waals surface area contributed by atoms with Gasteiger partial charge in [0.1, 0.15) is 5.82 Å². The molecule has 0 aliphatic rings. The highest BCUT2D eigenvalue weighted by molar-refractivity contribution is 14.1. The van der Waals surface area contributed by atoms with Gasteiger partial charge in [0.05, 0.1) is 28.8 Å². The molecule has 0 saturated carbocycles. The molecule has 0 aromatic carbocycles. The third-order valence-electron chi connectivity index (χ3n) is 1.27. The van der Waals surface area contributed by atoms with Gasteiger partial charge in [0, 0.05) is 0 Å². The highest BCUT2D eigenvalue weighted by Gasteiger charge is 2.02. The fourth-order valence-electron chi connectivity index (χ4n) is 0.706. The second kappa shape index (κ2) is 3.57. The van der Waals surface area contributed by atoms with Gasteiger partial charge in [0.15, 0.2) is 0 Å². The smallest absolute Gasteiger partial charge is 0.135 e. The monoisotopic (exact) mass is 262 g/mol. The molecule has 0 radical (unpaired) electrons.